The molecule has 29 heavy (non-hydrogen) atoms. The molecule has 3 aromatic rings. The largest absolute Gasteiger partial charge is 0.368 e. The average molecular weight is 436 g/mol. The number of anilines is 1. The summed E-state index contributed by atoms with van der Waals surface area (Å²) in [6, 6.07) is 8.98. The average Bonchev–Trinajstić information content (AvgIpc) is 3.18. The molecular formula is C19H22ClN5O3S. The van der Waals surface area contributed by atoms with Crippen LogP contribution in [0.4, 0.5) is 5.69 Å². The Hall–Kier alpha value is -2.36. The van der Waals surface area contributed by atoms with E-state index in [0.717, 1.165) is 5.69 Å². The minimum absolute atomic E-state index is 0.111. The predicted octanol–water partition coefficient (Wildman–Crippen LogP) is 1.99. The molecular weight excluding hydrogens is 414 g/mol. The molecule has 154 valence electrons. The van der Waals surface area contributed by atoms with Gasteiger partial charge in [0.05, 0.1) is 10.7 Å². The van der Waals surface area contributed by atoms with Crippen LogP contribution in [0, 0.1) is 6.92 Å². The fourth-order valence-electron chi connectivity index (χ4n) is 3.65. The number of piperazine rings is 1. The van der Waals surface area contributed by atoms with E-state index < -0.39 is 10.0 Å². The smallest absolute Gasteiger partial charge is 0.291 e. The van der Waals surface area contributed by atoms with Crippen LogP contribution in [0.15, 0.2) is 46.2 Å². The monoisotopic (exact) mass is 435 g/mol. The second-order valence-corrected chi connectivity index (χ2v) is 9.29. The zero-order chi connectivity index (χ0) is 20.8. The molecule has 10 heteroatoms. The molecule has 1 saturated heterocycles. The van der Waals surface area contributed by atoms with Gasteiger partial charge in [0, 0.05) is 38.9 Å². The van der Waals surface area contributed by atoms with Crippen molar-refractivity contribution in [2.24, 2.45) is 0 Å². The molecule has 0 unspecified atom stereocenters. The Bertz CT molecular complexity index is 1230. The minimum atomic E-state index is -3.72. The molecule has 1 aromatic carbocycles. The van der Waals surface area contributed by atoms with E-state index in [-0.39, 0.29) is 10.5 Å². The molecule has 0 saturated carbocycles. The highest BCUT2D eigenvalue weighted by atomic mass is 35.5. The number of hydrogen-bond donors (Lipinski definition) is 0. The van der Waals surface area contributed by atoms with Gasteiger partial charge in [-0.3, -0.25) is 9.20 Å². The van der Waals surface area contributed by atoms with E-state index in [2.05, 4.69) is 10.00 Å². The number of halogens is 1. The summed E-state index contributed by atoms with van der Waals surface area (Å²) in [6.45, 7) is 5.76. The third kappa shape index (κ3) is 3.43. The number of rotatable bonds is 4. The molecule has 1 fully saturated rings. The molecule has 3 heterocycles. The second-order valence-electron chi connectivity index (χ2n) is 6.94. The van der Waals surface area contributed by atoms with Crippen molar-refractivity contribution < 1.29 is 8.42 Å². The van der Waals surface area contributed by atoms with Gasteiger partial charge in [-0.2, -0.15) is 9.40 Å². The van der Waals surface area contributed by atoms with E-state index in [4.69, 9.17) is 11.6 Å². The summed E-state index contributed by atoms with van der Waals surface area (Å²) in [6.07, 6.45) is 1.48. The summed E-state index contributed by atoms with van der Waals surface area (Å²) in [4.78, 5) is 14.7. The maximum absolute atomic E-state index is 13.2. The Labute approximate surface area is 174 Å². The summed E-state index contributed by atoms with van der Waals surface area (Å²) in [5, 5.41) is 4.87. The molecule has 8 nitrogen and oxygen atoms in total. The quantitative estimate of drug-likeness (QED) is 0.626. The number of para-hydroxylation sites is 1. The van der Waals surface area contributed by atoms with Crippen LogP contribution in [-0.4, -0.2) is 53.1 Å². The Balaban J connectivity index is 1.61. The van der Waals surface area contributed by atoms with Crippen molar-refractivity contribution in [3.05, 3.63) is 57.7 Å². The third-order valence-electron chi connectivity index (χ3n) is 5.23. The first-order valence-electron chi connectivity index (χ1n) is 9.42. The normalized spacial score (nSPS) is 15.9. The number of aryl methyl sites for hydroxylation is 2. The molecule has 1 aliphatic heterocycles. The zero-order valence-corrected chi connectivity index (χ0v) is 17.8. The molecule has 1 aliphatic rings. The van der Waals surface area contributed by atoms with Gasteiger partial charge in [-0.1, -0.05) is 23.7 Å². The van der Waals surface area contributed by atoms with Gasteiger partial charge in [0.2, 0.25) is 10.0 Å². The van der Waals surface area contributed by atoms with Crippen molar-refractivity contribution in [2.75, 3.05) is 31.1 Å². The molecule has 0 amide bonds. The first kappa shape index (κ1) is 19.9. The predicted molar refractivity (Wildman–Crippen MR) is 112 cm³/mol. The van der Waals surface area contributed by atoms with Crippen molar-refractivity contribution in [3.8, 4) is 0 Å². The Kier molecular flexibility index (Phi) is 5.14. The maximum atomic E-state index is 13.2. The van der Waals surface area contributed by atoms with Crippen LogP contribution in [0.5, 0.6) is 0 Å². The lowest BCUT2D eigenvalue weighted by Crippen LogP contribution is -2.48. The molecule has 0 N–H and O–H groups in total. The van der Waals surface area contributed by atoms with Gasteiger partial charge in [-0.15, -0.1) is 0 Å². The summed E-state index contributed by atoms with van der Waals surface area (Å²) >= 11 is 6.27. The lowest BCUT2D eigenvalue weighted by atomic mass is 10.2. The summed E-state index contributed by atoms with van der Waals surface area (Å²) in [7, 11) is -3.72. The van der Waals surface area contributed by atoms with Gasteiger partial charge < -0.3 is 4.90 Å². The summed E-state index contributed by atoms with van der Waals surface area (Å²) in [5.41, 5.74) is 0.915. The van der Waals surface area contributed by atoms with Gasteiger partial charge in [-0.05, 0) is 32.0 Å². The van der Waals surface area contributed by atoms with Crippen LogP contribution in [0.2, 0.25) is 5.02 Å². The van der Waals surface area contributed by atoms with Crippen LogP contribution in [0.25, 0.3) is 5.52 Å². The fourth-order valence-corrected chi connectivity index (χ4v) is 5.35. The number of fused-ring (bicyclic) bond motifs is 1. The van der Waals surface area contributed by atoms with Crippen LogP contribution < -0.4 is 10.5 Å². The highest BCUT2D eigenvalue weighted by Gasteiger charge is 2.30. The summed E-state index contributed by atoms with van der Waals surface area (Å²) in [5.74, 6) is 0.562. The van der Waals surface area contributed by atoms with Gasteiger partial charge in [0.25, 0.3) is 5.56 Å². The van der Waals surface area contributed by atoms with E-state index in [9.17, 15) is 13.2 Å². The van der Waals surface area contributed by atoms with Crippen LogP contribution in [-0.2, 0) is 16.6 Å². The van der Waals surface area contributed by atoms with E-state index in [1.807, 2.05) is 31.2 Å². The van der Waals surface area contributed by atoms with Crippen molar-refractivity contribution >= 4 is 32.8 Å². The first-order chi connectivity index (χ1) is 13.8. The molecule has 4 rings (SSSR count). The molecule has 0 spiro atoms. The van der Waals surface area contributed by atoms with Gasteiger partial charge in [-0.25, -0.2) is 13.1 Å². The van der Waals surface area contributed by atoms with Gasteiger partial charge in [0.15, 0.2) is 0 Å². The summed E-state index contributed by atoms with van der Waals surface area (Å²) < 4.78 is 30.7. The Morgan fingerprint density at radius 1 is 1.14 bits per heavy atom. The molecule has 0 atom stereocenters. The first-order valence-corrected chi connectivity index (χ1v) is 11.2. The van der Waals surface area contributed by atoms with E-state index in [1.165, 1.54) is 21.3 Å². The zero-order valence-electron chi connectivity index (χ0n) is 16.2. The van der Waals surface area contributed by atoms with Crippen molar-refractivity contribution in [1.82, 2.24) is 18.5 Å². The number of benzene rings is 1. The number of hydrogen-bond acceptors (Lipinski definition) is 5. The number of nitrogens with zero attached hydrogens (tertiary/aromatic N) is 5. The van der Waals surface area contributed by atoms with E-state index in [1.54, 1.807) is 11.3 Å². The van der Waals surface area contributed by atoms with Crippen LogP contribution >= 0.6 is 11.6 Å². The van der Waals surface area contributed by atoms with Crippen molar-refractivity contribution in [3.63, 3.8) is 0 Å². The van der Waals surface area contributed by atoms with Crippen molar-refractivity contribution in [2.45, 2.75) is 25.3 Å². The lowest BCUT2D eigenvalue weighted by molar-refractivity contribution is 0.385. The SMILES string of the molecule is CCn1nc(C)n2cc(S(=O)(=O)N3CCN(c4ccccc4Cl)CC3)cc2c1=O. The lowest BCUT2D eigenvalue weighted by Gasteiger charge is -2.35. The molecule has 0 aliphatic carbocycles. The molecule has 0 radical (unpaired) electrons. The van der Waals surface area contributed by atoms with Crippen LogP contribution in [0.1, 0.15) is 12.7 Å². The minimum Gasteiger partial charge on any atom is -0.368 e. The number of sulfonamides is 1. The van der Waals surface area contributed by atoms with E-state index in [0.29, 0.717) is 49.1 Å². The highest BCUT2D eigenvalue weighted by Crippen LogP contribution is 2.27. The van der Waals surface area contributed by atoms with E-state index >= 15 is 0 Å². The second kappa shape index (κ2) is 7.47. The third-order valence-corrected chi connectivity index (χ3v) is 7.42. The molecule has 0 bridgehead atoms. The van der Waals surface area contributed by atoms with Crippen molar-refractivity contribution in [1.29, 1.82) is 0 Å². The van der Waals surface area contributed by atoms with Gasteiger partial charge >= 0.3 is 0 Å². The highest BCUT2D eigenvalue weighted by molar-refractivity contribution is 7.89. The molecule has 2 aromatic heterocycles. The Morgan fingerprint density at radius 3 is 2.48 bits per heavy atom. The van der Waals surface area contributed by atoms with Crippen LogP contribution in [0.3, 0.4) is 0 Å². The number of aromatic nitrogens is 3. The van der Waals surface area contributed by atoms with Gasteiger partial charge in [0.1, 0.15) is 16.2 Å². The maximum Gasteiger partial charge on any atom is 0.291 e. The Morgan fingerprint density at radius 2 is 1.83 bits per heavy atom. The standard InChI is InChI=1S/C19H22ClN5O3S/c1-3-25-19(26)18-12-15(13-24(18)14(2)21-25)29(27,28)23-10-8-22(9-11-23)17-7-5-4-6-16(17)20/h4-7,12-13H,3,8-11H2,1-2H3. The fraction of sp³-hybridized carbons (Fsp3) is 0.368. The topological polar surface area (TPSA) is 79.9 Å².